The van der Waals surface area contributed by atoms with Gasteiger partial charge in [-0.3, -0.25) is 0 Å². The summed E-state index contributed by atoms with van der Waals surface area (Å²) in [5.41, 5.74) is 1.03. The molecule has 0 radical (unpaired) electrons. The lowest BCUT2D eigenvalue weighted by Crippen LogP contribution is -2.28. The van der Waals surface area contributed by atoms with Crippen LogP contribution >= 0.6 is 27.5 Å². The van der Waals surface area contributed by atoms with Crippen LogP contribution in [0.15, 0.2) is 16.6 Å². The van der Waals surface area contributed by atoms with Crippen LogP contribution in [-0.4, -0.2) is 13.1 Å². The Morgan fingerprint density at radius 2 is 2.06 bits per heavy atom. The van der Waals surface area contributed by atoms with Gasteiger partial charge in [0, 0.05) is 4.47 Å². The Morgan fingerprint density at radius 3 is 2.69 bits per heavy atom. The van der Waals surface area contributed by atoms with Gasteiger partial charge < -0.3 is 5.32 Å². The summed E-state index contributed by atoms with van der Waals surface area (Å²) in [7, 11) is 0. The molecule has 1 N–H and O–H groups in total. The Kier molecular flexibility index (Phi) is 4.22. The molecule has 0 spiro atoms. The number of benzene rings is 1. The number of nitrogens with one attached hydrogen (secondary N) is 1. The lowest BCUT2D eigenvalue weighted by molar-refractivity contribution is 0.372. The third-order valence-corrected chi connectivity index (χ3v) is 4.26. The highest BCUT2D eigenvalue weighted by atomic mass is 79.9. The first-order chi connectivity index (χ1) is 7.66. The highest BCUT2D eigenvalue weighted by Gasteiger charge is 2.15. The van der Waals surface area contributed by atoms with E-state index < -0.39 is 0 Å². The van der Waals surface area contributed by atoms with Crippen LogP contribution in [0.1, 0.15) is 18.4 Å². The maximum Gasteiger partial charge on any atom is 0.143 e. The van der Waals surface area contributed by atoms with Crippen LogP contribution in [0.4, 0.5) is 4.39 Å². The largest absolute Gasteiger partial charge is 0.317 e. The number of rotatable bonds is 2. The van der Waals surface area contributed by atoms with Crippen LogP contribution in [0.3, 0.4) is 0 Å². The van der Waals surface area contributed by atoms with Crippen LogP contribution < -0.4 is 5.32 Å². The molecule has 4 heteroatoms. The first-order valence-electron chi connectivity index (χ1n) is 5.51. The summed E-state index contributed by atoms with van der Waals surface area (Å²) < 4.78 is 14.1. The van der Waals surface area contributed by atoms with Gasteiger partial charge in [-0.25, -0.2) is 4.39 Å². The summed E-state index contributed by atoms with van der Waals surface area (Å²) in [5, 5.41) is 3.50. The third kappa shape index (κ3) is 2.96. The molecule has 1 fully saturated rings. The monoisotopic (exact) mass is 305 g/mol. The average molecular weight is 307 g/mol. The molecule has 1 nitrogen and oxygen atoms in total. The quantitative estimate of drug-likeness (QED) is 0.820. The summed E-state index contributed by atoms with van der Waals surface area (Å²) in [4.78, 5) is 0. The minimum Gasteiger partial charge on any atom is -0.317 e. The van der Waals surface area contributed by atoms with Gasteiger partial charge >= 0.3 is 0 Å². The summed E-state index contributed by atoms with van der Waals surface area (Å²) in [6, 6.07) is 3.47. The number of hydrogen-bond acceptors (Lipinski definition) is 1. The molecule has 0 unspecified atom stereocenters. The molecule has 88 valence electrons. The SMILES string of the molecule is Fc1cc(CC2CCNCC2)cc(Br)c1Cl. The maximum absolute atomic E-state index is 13.4. The minimum absolute atomic E-state index is 0.175. The van der Waals surface area contributed by atoms with Gasteiger partial charge in [-0.05, 0) is 71.9 Å². The normalized spacial score (nSPS) is 17.7. The zero-order valence-electron chi connectivity index (χ0n) is 8.90. The zero-order chi connectivity index (χ0) is 11.5. The number of hydrogen-bond donors (Lipinski definition) is 1. The maximum atomic E-state index is 13.4. The molecule has 0 aromatic heterocycles. The molecule has 0 bridgehead atoms. The summed E-state index contributed by atoms with van der Waals surface area (Å²) in [5.74, 6) is 0.328. The second-order valence-corrected chi connectivity index (χ2v) is 5.50. The summed E-state index contributed by atoms with van der Waals surface area (Å²) in [6.45, 7) is 2.14. The smallest absolute Gasteiger partial charge is 0.143 e. The Morgan fingerprint density at radius 1 is 1.38 bits per heavy atom. The fraction of sp³-hybridized carbons (Fsp3) is 0.500. The highest BCUT2D eigenvalue weighted by molar-refractivity contribution is 9.10. The van der Waals surface area contributed by atoms with E-state index in [1.54, 1.807) is 6.07 Å². The molecule has 1 aliphatic heterocycles. The van der Waals surface area contributed by atoms with E-state index in [1.165, 1.54) is 12.8 Å². The van der Waals surface area contributed by atoms with E-state index in [-0.39, 0.29) is 10.8 Å². The molecule has 0 atom stereocenters. The Hall–Kier alpha value is -0.120. The van der Waals surface area contributed by atoms with Crippen molar-refractivity contribution in [2.45, 2.75) is 19.3 Å². The molecule has 1 aromatic rings. The summed E-state index contributed by atoms with van der Waals surface area (Å²) in [6.07, 6.45) is 3.28. The number of piperidine rings is 1. The van der Waals surface area contributed by atoms with Crippen LogP contribution in [0, 0.1) is 11.7 Å². The van der Waals surface area contributed by atoms with Crippen molar-refractivity contribution in [2.24, 2.45) is 5.92 Å². The van der Waals surface area contributed by atoms with Gasteiger partial charge in [0.2, 0.25) is 0 Å². The van der Waals surface area contributed by atoms with E-state index in [2.05, 4.69) is 21.2 Å². The van der Waals surface area contributed by atoms with Gasteiger partial charge in [0.25, 0.3) is 0 Å². The molecule has 1 saturated heterocycles. The van der Waals surface area contributed by atoms with Gasteiger partial charge in [0.1, 0.15) is 5.82 Å². The van der Waals surface area contributed by atoms with Crippen LogP contribution in [0.2, 0.25) is 5.02 Å². The van der Waals surface area contributed by atoms with Crippen LogP contribution in [0.25, 0.3) is 0 Å². The van der Waals surface area contributed by atoms with Crippen molar-refractivity contribution in [3.63, 3.8) is 0 Å². The van der Waals surface area contributed by atoms with Crippen molar-refractivity contribution in [3.05, 3.63) is 33.0 Å². The van der Waals surface area contributed by atoms with Gasteiger partial charge in [0.05, 0.1) is 5.02 Å². The molecule has 1 aromatic carbocycles. The van der Waals surface area contributed by atoms with E-state index in [0.717, 1.165) is 25.1 Å². The second kappa shape index (κ2) is 5.48. The Bertz CT molecular complexity index is 354. The van der Waals surface area contributed by atoms with Crippen molar-refractivity contribution >= 4 is 27.5 Å². The first kappa shape index (κ1) is 12.3. The minimum atomic E-state index is -0.333. The van der Waals surface area contributed by atoms with Gasteiger partial charge in [-0.15, -0.1) is 0 Å². The fourth-order valence-electron chi connectivity index (χ4n) is 2.15. The van der Waals surface area contributed by atoms with E-state index in [1.807, 2.05) is 6.07 Å². The van der Waals surface area contributed by atoms with Crippen LogP contribution in [-0.2, 0) is 6.42 Å². The molecule has 1 aliphatic rings. The topological polar surface area (TPSA) is 12.0 Å². The van der Waals surface area contributed by atoms with Crippen molar-refractivity contribution in [1.82, 2.24) is 5.32 Å². The highest BCUT2D eigenvalue weighted by Crippen LogP contribution is 2.28. The van der Waals surface area contributed by atoms with Crippen molar-refractivity contribution < 1.29 is 4.39 Å². The third-order valence-electron chi connectivity index (χ3n) is 3.03. The molecular weight excluding hydrogens is 292 g/mol. The van der Waals surface area contributed by atoms with Gasteiger partial charge in [-0.1, -0.05) is 11.6 Å². The lowest BCUT2D eigenvalue weighted by Gasteiger charge is -2.22. The van der Waals surface area contributed by atoms with E-state index in [0.29, 0.717) is 10.4 Å². The molecule has 0 aliphatic carbocycles. The molecule has 16 heavy (non-hydrogen) atoms. The first-order valence-corrected chi connectivity index (χ1v) is 6.68. The second-order valence-electron chi connectivity index (χ2n) is 4.27. The molecule has 1 heterocycles. The van der Waals surface area contributed by atoms with Crippen molar-refractivity contribution in [1.29, 1.82) is 0 Å². The van der Waals surface area contributed by atoms with Gasteiger partial charge in [-0.2, -0.15) is 0 Å². The fourth-order valence-corrected chi connectivity index (χ4v) is 2.74. The average Bonchev–Trinajstić information content (AvgIpc) is 2.27. The van der Waals surface area contributed by atoms with Crippen LogP contribution in [0.5, 0.6) is 0 Å². The predicted octanol–water partition coefficient (Wildman–Crippen LogP) is 3.78. The molecule has 0 amide bonds. The Labute approximate surface area is 109 Å². The van der Waals surface area contributed by atoms with Crippen molar-refractivity contribution in [3.8, 4) is 0 Å². The lowest BCUT2D eigenvalue weighted by atomic mass is 9.91. The molecular formula is C12H14BrClFN. The summed E-state index contributed by atoms with van der Waals surface area (Å²) >= 11 is 9.04. The molecule has 2 rings (SSSR count). The standard InChI is InChI=1S/C12H14BrClFN/c13-10-6-9(7-11(15)12(10)14)5-8-1-3-16-4-2-8/h6-8,16H,1-5H2. The predicted molar refractivity (Wildman–Crippen MR) is 68.4 cm³/mol. The van der Waals surface area contributed by atoms with E-state index in [4.69, 9.17) is 11.6 Å². The zero-order valence-corrected chi connectivity index (χ0v) is 11.2. The van der Waals surface area contributed by atoms with E-state index >= 15 is 0 Å². The van der Waals surface area contributed by atoms with Gasteiger partial charge in [0.15, 0.2) is 0 Å². The van der Waals surface area contributed by atoms with E-state index in [9.17, 15) is 4.39 Å². The number of halogens is 3. The molecule has 0 saturated carbocycles. The Balaban J connectivity index is 2.09. The van der Waals surface area contributed by atoms with Crippen molar-refractivity contribution in [2.75, 3.05) is 13.1 Å².